The predicted molar refractivity (Wildman–Crippen MR) is 73.6 cm³/mol. The Labute approximate surface area is 107 Å². The van der Waals surface area contributed by atoms with E-state index in [9.17, 15) is 0 Å². The first kappa shape index (κ1) is 12.3. The number of aromatic nitrogens is 1. The van der Waals surface area contributed by atoms with Gasteiger partial charge in [-0.15, -0.1) is 11.3 Å². The average molecular weight is 246 g/mol. The first-order valence-electron chi connectivity index (χ1n) is 5.86. The molecule has 1 atom stereocenters. The lowest BCUT2D eigenvalue weighted by atomic mass is 10.1. The Balaban J connectivity index is 2.08. The fourth-order valence-corrected chi connectivity index (χ4v) is 2.65. The standard InChI is InChI=1S/C14H18N2S/c1-10-4-6-12(7-5-10)8-14-16-9-13(17-14)11(2)15-3/h4-7,9,11,15H,8H2,1-3H3. The van der Waals surface area contributed by atoms with Gasteiger partial charge in [0.15, 0.2) is 0 Å². The summed E-state index contributed by atoms with van der Waals surface area (Å²) in [5.41, 5.74) is 2.63. The maximum atomic E-state index is 4.48. The number of hydrogen-bond donors (Lipinski definition) is 1. The van der Waals surface area contributed by atoms with Crippen molar-refractivity contribution in [2.45, 2.75) is 26.3 Å². The van der Waals surface area contributed by atoms with Gasteiger partial charge in [-0.05, 0) is 26.5 Å². The molecule has 0 radical (unpaired) electrons. The van der Waals surface area contributed by atoms with Crippen LogP contribution in [0.2, 0.25) is 0 Å². The molecule has 0 bridgehead atoms. The number of nitrogens with one attached hydrogen (secondary N) is 1. The highest BCUT2D eigenvalue weighted by Gasteiger charge is 2.08. The van der Waals surface area contributed by atoms with Crippen LogP contribution in [0.15, 0.2) is 30.5 Å². The fourth-order valence-electron chi connectivity index (χ4n) is 1.63. The van der Waals surface area contributed by atoms with Crippen molar-refractivity contribution in [1.29, 1.82) is 0 Å². The Morgan fingerprint density at radius 1 is 1.29 bits per heavy atom. The third-order valence-electron chi connectivity index (χ3n) is 2.91. The molecule has 2 aromatic rings. The molecule has 0 aliphatic rings. The molecular weight excluding hydrogens is 228 g/mol. The summed E-state index contributed by atoms with van der Waals surface area (Å²) in [4.78, 5) is 5.78. The molecule has 1 unspecified atom stereocenters. The quantitative estimate of drug-likeness (QED) is 0.895. The molecule has 0 spiro atoms. The molecule has 0 amide bonds. The topological polar surface area (TPSA) is 24.9 Å². The van der Waals surface area contributed by atoms with Crippen molar-refractivity contribution in [1.82, 2.24) is 10.3 Å². The minimum Gasteiger partial charge on any atom is -0.312 e. The summed E-state index contributed by atoms with van der Waals surface area (Å²) in [6, 6.07) is 9.05. The lowest BCUT2D eigenvalue weighted by Crippen LogP contribution is -2.10. The van der Waals surface area contributed by atoms with Crippen LogP contribution in [0, 0.1) is 6.92 Å². The smallest absolute Gasteiger partial charge is 0.0972 e. The number of hydrogen-bond acceptors (Lipinski definition) is 3. The molecule has 0 saturated heterocycles. The SMILES string of the molecule is CNC(C)c1cnc(Cc2ccc(C)cc2)s1. The second kappa shape index (κ2) is 5.43. The Kier molecular flexibility index (Phi) is 3.92. The number of thiazole rings is 1. The molecule has 1 aromatic heterocycles. The van der Waals surface area contributed by atoms with Crippen molar-refractivity contribution >= 4 is 11.3 Å². The first-order chi connectivity index (χ1) is 8.19. The highest BCUT2D eigenvalue weighted by molar-refractivity contribution is 7.11. The van der Waals surface area contributed by atoms with Crippen LogP contribution in [0.25, 0.3) is 0 Å². The molecule has 3 heteroatoms. The van der Waals surface area contributed by atoms with E-state index < -0.39 is 0 Å². The van der Waals surface area contributed by atoms with Gasteiger partial charge in [0.2, 0.25) is 0 Å². The maximum Gasteiger partial charge on any atom is 0.0972 e. The van der Waals surface area contributed by atoms with Crippen molar-refractivity contribution in [3.63, 3.8) is 0 Å². The highest BCUT2D eigenvalue weighted by Crippen LogP contribution is 2.22. The van der Waals surface area contributed by atoms with E-state index in [1.54, 1.807) is 11.3 Å². The van der Waals surface area contributed by atoms with Gasteiger partial charge >= 0.3 is 0 Å². The van der Waals surface area contributed by atoms with Gasteiger partial charge in [-0.1, -0.05) is 29.8 Å². The van der Waals surface area contributed by atoms with Crippen molar-refractivity contribution < 1.29 is 0 Å². The van der Waals surface area contributed by atoms with E-state index in [1.807, 2.05) is 13.2 Å². The summed E-state index contributed by atoms with van der Waals surface area (Å²) in [6.07, 6.45) is 2.91. The summed E-state index contributed by atoms with van der Waals surface area (Å²) in [5, 5.41) is 4.42. The molecule has 1 N–H and O–H groups in total. The van der Waals surface area contributed by atoms with Crippen LogP contribution in [-0.2, 0) is 6.42 Å². The van der Waals surface area contributed by atoms with Gasteiger partial charge in [0.05, 0.1) is 5.01 Å². The second-order valence-corrected chi connectivity index (χ2v) is 5.48. The van der Waals surface area contributed by atoms with Crippen LogP contribution >= 0.6 is 11.3 Å². The van der Waals surface area contributed by atoms with E-state index in [4.69, 9.17) is 0 Å². The van der Waals surface area contributed by atoms with Crippen LogP contribution in [0.4, 0.5) is 0 Å². The molecule has 0 aliphatic carbocycles. The maximum absolute atomic E-state index is 4.48. The van der Waals surface area contributed by atoms with Crippen LogP contribution in [0.5, 0.6) is 0 Å². The summed E-state index contributed by atoms with van der Waals surface area (Å²) >= 11 is 1.79. The van der Waals surface area contributed by atoms with Crippen molar-refractivity contribution in [2.75, 3.05) is 7.05 Å². The van der Waals surface area contributed by atoms with Gasteiger partial charge in [0.25, 0.3) is 0 Å². The number of benzene rings is 1. The molecule has 0 saturated carbocycles. The summed E-state index contributed by atoms with van der Waals surface area (Å²) in [5.74, 6) is 0. The van der Waals surface area contributed by atoms with Gasteiger partial charge in [-0.2, -0.15) is 0 Å². The molecule has 2 rings (SSSR count). The molecule has 90 valence electrons. The number of aryl methyl sites for hydroxylation is 1. The minimum atomic E-state index is 0.388. The second-order valence-electron chi connectivity index (χ2n) is 4.33. The van der Waals surface area contributed by atoms with Gasteiger partial charge in [0, 0.05) is 23.5 Å². The molecule has 1 heterocycles. The molecule has 1 aromatic carbocycles. The summed E-state index contributed by atoms with van der Waals surface area (Å²) in [7, 11) is 1.98. The zero-order chi connectivity index (χ0) is 12.3. The number of rotatable bonds is 4. The molecule has 17 heavy (non-hydrogen) atoms. The van der Waals surface area contributed by atoms with Crippen LogP contribution in [-0.4, -0.2) is 12.0 Å². The Hall–Kier alpha value is -1.19. The molecule has 0 fully saturated rings. The zero-order valence-corrected chi connectivity index (χ0v) is 11.3. The molecule has 2 nitrogen and oxygen atoms in total. The monoisotopic (exact) mass is 246 g/mol. The number of nitrogens with zero attached hydrogens (tertiary/aromatic N) is 1. The van der Waals surface area contributed by atoms with Crippen molar-refractivity contribution in [2.24, 2.45) is 0 Å². The van der Waals surface area contributed by atoms with Gasteiger partial charge in [-0.3, -0.25) is 0 Å². The van der Waals surface area contributed by atoms with Gasteiger partial charge in [0.1, 0.15) is 0 Å². The lowest BCUT2D eigenvalue weighted by Gasteiger charge is -2.04. The summed E-state index contributed by atoms with van der Waals surface area (Å²) in [6.45, 7) is 4.27. The lowest BCUT2D eigenvalue weighted by molar-refractivity contribution is 0.662. The summed E-state index contributed by atoms with van der Waals surface area (Å²) < 4.78 is 0. The largest absolute Gasteiger partial charge is 0.312 e. The van der Waals surface area contributed by atoms with Crippen LogP contribution < -0.4 is 5.32 Å². The fraction of sp³-hybridized carbons (Fsp3) is 0.357. The predicted octanol–water partition coefficient (Wildman–Crippen LogP) is 3.32. The molecular formula is C14H18N2S. The molecule has 0 aliphatic heterocycles. The van der Waals surface area contributed by atoms with E-state index in [-0.39, 0.29) is 0 Å². The third-order valence-corrected chi connectivity index (χ3v) is 4.09. The third kappa shape index (κ3) is 3.14. The van der Waals surface area contributed by atoms with E-state index >= 15 is 0 Å². The highest BCUT2D eigenvalue weighted by atomic mass is 32.1. The average Bonchev–Trinajstić information content (AvgIpc) is 2.80. The van der Waals surface area contributed by atoms with E-state index in [2.05, 4.69) is 48.4 Å². The Morgan fingerprint density at radius 3 is 2.65 bits per heavy atom. The van der Waals surface area contributed by atoms with Crippen molar-refractivity contribution in [3.05, 3.63) is 51.5 Å². The normalized spacial score (nSPS) is 12.6. The first-order valence-corrected chi connectivity index (χ1v) is 6.68. The van der Waals surface area contributed by atoms with Crippen LogP contribution in [0.3, 0.4) is 0 Å². The Morgan fingerprint density at radius 2 is 2.00 bits per heavy atom. The van der Waals surface area contributed by atoms with Gasteiger partial charge in [-0.25, -0.2) is 4.98 Å². The Bertz CT molecular complexity index is 473. The zero-order valence-electron chi connectivity index (χ0n) is 10.5. The van der Waals surface area contributed by atoms with Crippen molar-refractivity contribution in [3.8, 4) is 0 Å². The minimum absolute atomic E-state index is 0.388. The van der Waals surface area contributed by atoms with Gasteiger partial charge < -0.3 is 5.32 Å². The van der Waals surface area contributed by atoms with E-state index in [1.165, 1.54) is 21.0 Å². The van der Waals surface area contributed by atoms with E-state index in [0.717, 1.165) is 6.42 Å². The van der Waals surface area contributed by atoms with E-state index in [0.29, 0.717) is 6.04 Å². The van der Waals surface area contributed by atoms with Crippen LogP contribution in [0.1, 0.15) is 34.0 Å².